The first-order valence-corrected chi connectivity index (χ1v) is 11.2. The molecule has 0 amide bonds. The quantitative estimate of drug-likeness (QED) is 0.231. The summed E-state index contributed by atoms with van der Waals surface area (Å²) >= 11 is 0. The van der Waals surface area contributed by atoms with Crippen LogP contribution in [0.1, 0.15) is 116 Å². The van der Waals surface area contributed by atoms with Crippen LogP contribution >= 0.6 is 0 Å². The lowest BCUT2D eigenvalue weighted by molar-refractivity contribution is -0.138. The molecule has 0 aliphatic heterocycles. The number of carboxylic acid groups (broad SMARTS) is 2. The van der Waals surface area contributed by atoms with Crippen molar-refractivity contribution in [2.24, 2.45) is 0 Å². The lowest BCUT2D eigenvalue weighted by Crippen LogP contribution is -2.08. The normalized spacial score (nSPS) is 11.0. The van der Waals surface area contributed by atoms with E-state index in [0.717, 1.165) is 38.8 Å². The number of hydrogen-bond donors (Lipinski definition) is 2. The highest BCUT2D eigenvalue weighted by Gasteiger charge is 1.98. The average Bonchev–Trinajstić information content (AvgIpc) is 2.62. The van der Waals surface area contributed by atoms with E-state index in [-0.39, 0.29) is 0 Å². The van der Waals surface area contributed by atoms with Crippen molar-refractivity contribution in [3.05, 3.63) is 0 Å². The van der Waals surface area contributed by atoms with Crippen LogP contribution in [-0.2, 0) is 9.59 Å². The topological polar surface area (TPSA) is 88.7 Å². The molecule has 1 radical (unpaired) electrons. The Bertz CT molecular complexity index is 315. The monoisotopic (exact) mass is 384 g/mol. The lowest BCUT2D eigenvalue weighted by atomic mass is 10.1. The Morgan fingerprint density at radius 1 is 0.444 bits per heavy atom. The molecule has 0 atom stereocenters. The van der Waals surface area contributed by atoms with Crippen LogP contribution < -0.4 is 5.32 Å². The Labute approximate surface area is 166 Å². The summed E-state index contributed by atoms with van der Waals surface area (Å²) in [4.78, 5) is 20.8. The van der Waals surface area contributed by atoms with Crippen LogP contribution in [0.2, 0.25) is 0 Å². The van der Waals surface area contributed by atoms with E-state index in [9.17, 15) is 9.59 Å². The van der Waals surface area contributed by atoms with Crippen LogP contribution in [0.5, 0.6) is 0 Å². The van der Waals surface area contributed by atoms with Gasteiger partial charge >= 0.3 is 11.9 Å². The Hall–Kier alpha value is -1.10. The molecule has 5 nitrogen and oxygen atoms in total. The molecule has 0 aliphatic carbocycles. The summed E-state index contributed by atoms with van der Waals surface area (Å²) in [7, 11) is 0. The van der Waals surface area contributed by atoms with Gasteiger partial charge in [-0.3, -0.25) is 9.59 Å². The molecule has 0 unspecified atom stereocenters. The SMILES string of the molecule is O=C(O)CCCCCCCCCC[N]CCCCCCCCCCC(=O)O. The first kappa shape index (κ1) is 25.9. The molecule has 0 heterocycles. The molecular weight excluding hydrogens is 342 g/mol. The summed E-state index contributed by atoms with van der Waals surface area (Å²) < 4.78 is 0. The Morgan fingerprint density at radius 2 is 0.704 bits per heavy atom. The van der Waals surface area contributed by atoms with Gasteiger partial charge in [-0.25, -0.2) is 5.32 Å². The molecule has 0 aromatic heterocycles. The van der Waals surface area contributed by atoms with E-state index in [4.69, 9.17) is 10.2 Å². The second-order valence-corrected chi connectivity index (χ2v) is 7.62. The van der Waals surface area contributed by atoms with Crippen LogP contribution in [-0.4, -0.2) is 35.2 Å². The van der Waals surface area contributed by atoms with Crippen molar-refractivity contribution in [1.29, 1.82) is 0 Å². The van der Waals surface area contributed by atoms with E-state index >= 15 is 0 Å². The molecule has 0 fully saturated rings. The Balaban J connectivity index is 3.01. The zero-order valence-electron chi connectivity index (χ0n) is 17.3. The van der Waals surface area contributed by atoms with Crippen LogP contribution in [0, 0.1) is 0 Å². The first-order valence-electron chi connectivity index (χ1n) is 11.2. The Morgan fingerprint density at radius 3 is 1.00 bits per heavy atom. The standard InChI is InChI=1S/C22H42NO4/c24-21(25)17-13-9-5-1-3-7-11-15-19-23-20-16-12-8-4-2-6-10-14-18-22(26)27/h1-20H2,(H,24,25)(H,26,27). The summed E-state index contributed by atoms with van der Waals surface area (Å²) in [5.74, 6) is -1.35. The number of nitrogens with zero attached hydrogens (tertiary/aromatic N) is 1. The predicted molar refractivity (Wildman–Crippen MR) is 110 cm³/mol. The summed E-state index contributed by atoms with van der Waals surface area (Å²) in [5.41, 5.74) is 0. The highest BCUT2D eigenvalue weighted by molar-refractivity contribution is 5.66. The minimum atomic E-state index is -0.677. The summed E-state index contributed by atoms with van der Waals surface area (Å²) in [6.07, 6.45) is 19.2. The molecular formula is C22H42NO4. The van der Waals surface area contributed by atoms with Crippen LogP contribution in [0.15, 0.2) is 0 Å². The zero-order chi connectivity index (χ0) is 20.0. The van der Waals surface area contributed by atoms with Gasteiger partial charge in [-0.05, 0) is 25.7 Å². The predicted octanol–water partition coefficient (Wildman–Crippen LogP) is 5.78. The van der Waals surface area contributed by atoms with Gasteiger partial charge in [0.1, 0.15) is 0 Å². The smallest absolute Gasteiger partial charge is 0.303 e. The molecule has 2 N–H and O–H groups in total. The molecule has 0 saturated heterocycles. The second-order valence-electron chi connectivity index (χ2n) is 7.62. The molecule has 0 aromatic rings. The third-order valence-corrected chi connectivity index (χ3v) is 4.91. The van der Waals surface area contributed by atoms with E-state index in [1.54, 1.807) is 0 Å². The fraction of sp³-hybridized carbons (Fsp3) is 0.909. The van der Waals surface area contributed by atoms with Gasteiger partial charge in [-0.1, -0.05) is 77.0 Å². The third kappa shape index (κ3) is 24.9. The van der Waals surface area contributed by atoms with Gasteiger partial charge in [-0.2, -0.15) is 0 Å². The van der Waals surface area contributed by atoms with E-state index in [2.05, 4.69) is 5.32 Å². The molecule has 0 rings (SSSR count). The van der Waals surface area contributed by atoms with Crippen molar-refractivity contribution in [1.82, 2.24) is 5.32 Å². The molecule has 27 heavy (non-hydrogen) atoms. The van der Waals surface area contributed by atoms with Crippen molar-refractivity contribution < 1.29 is 19.8 Å². The molecule has 0 aromatic carbocycles. The number of rotatable bonds is 22. The van der Waals surface area contributed by atoms with Crippen LogP contribution in [0.4, 0.5) is 0 Å². The van der Waals surface area contributed by atoms with Crippen molar-refractivity contribution in [3.8, 4) is 0 Å². The number of carboxylic acids is 2. The fourth-order valence-corrected chi connectivity index (χ4v) is 3.23. The van der Waals surface area contributed by atoms with Crippen molar-refractivity contribution >= 4 is 11.9 Å². The van der Waals surface area contributed by atoms with E-state index in [1.807, 2.05) is 0 Å². The summed E-state index contributed by atoms with van der Waals surface area (Å²) in [6.45, 7) is 2.00. The van der Waals surface area contributed by atoms with Crippen molar-refractivity contribution in [2.75, 3.05) is 13.1 Å². The lowest BCUT2D eigenvalue weighted by Gasteiger charge is -2.04. The first-order chi connectivity index (χ1) is 13.1. The van der Waals surface area contributed by atoms with Crippen LogP contribution in [0.3, 0.4) is 0 Å². The molecule has 0 bridgehead atoms. The van der Waals surface area contributed by atoms with Gasteiger partial charge in [0.25, 0.3) is 0 Å². The maximum atomic E-state index is 10.4. The number of unbranched alkanes of at least 4 members (excludes halogenated alkanes) is 14. The molecule has 5 heteroatoms. The van der Waals surface area contributed by atoms with E-state index in [0.29, 0.717) is 12.8 Å². The summed E-state index contributed by atoms with van der Waals surface area (Å²) in [5, 5.41) is 21.7. The number of aliphatic carboxylic acids is 2. The van der Waals surface area contributed by atoms with Gasteiger partial charge in [0.15, 0.2) is 0 Å². The van der Waals surface area contributed by atoms with Gasteiger partial charge in [0.2, 0.25) is 0 Å². The molecule has 0 saturated carbocycles. The second kappa shape index (κ2) is 21.2. The highest BCUT2D eigenvalue weighted by atomic mass is 16.4. The van der Waals surface area contributed by atoms with Gasteiger partial charge in [0.05, 0.1) is 0 Å². The van der Waals surface area contributed by atoms with Crippen LogP contribution in [0.25, 0.3) is 0 Å². The van der Waals surface area contributed by atoms with Gasteiger partial charge in [0, 0.05) is 25.9 Å². The third-order valence-electron chi connectivity index (χ3n) is 4.91. The maximum Gasteiger partial charge on any atom is 0.303 e. The van der Waals surface area contributed by atoms with Gasteiger partial charge < -0.3 is 10.2 Å². The highest BCUT2D eigenvalue weighted by Crippen LogP contribution is 2.10. The minimum absolute atomic E-state index is 0.316. The average molecular weight is 385 g/mol. The van der Waals surface area contributed by atoms with Crippen molar-refractivity contribution in [3.63, 3.8) is 0 Å². The van der Waals surface area contributed by atoms with E-state index < -0.39 is 11.9 Å². The minimum Gasteiger partial charge on any atom is -0.481 e. The van der Waals surface area contributed by atoms with E-state index in [1.165, 1.54) is 77.0 Å². The van der Waals surface area contributed by atoms with Gasteiger partial charge in [-0.15, -0.1) is 0 Å². The molecule has 0 aliphatic rings. The molecule has 159 valence electrons. The molecule has 0 spiro atoms. The Kier molecular flexibility index (Phi) is 20.3. The maximum absolute atomic E-state index is 10.4. The number of hydrogen-bond acceptors (Lipinski definition) is 2. The zero-order valence-corrected chi connectivity index (χ0v) is 17.3. The fourth-order valence-electron chi connectivity index (χ4n) is 3.23. The summed E-state index contributed by atoms with van der Waals surface area (Å²) in [6, 6.07) is 0. The number of carbonyl (C=O) groups is 2. The largest absolute Gasteiger partial charge is 0.481 e. The van der Waals surface area contributed by atoms with Crippen molar-refractivity contribution in [2.45, 2.75) is 116 Å².